The second kappa shape index (κ2) is 26.2. The van der Waals surface area contributed by atoms with Gasteiger partial charge in [0.05, 0.1) is 66.0 Å². The van der Waals surface area contributed by atoms with Crippen molar-refractivity contribution in [1.29, 1.82) is 0 Å². The van der Waals surface area contributed by atoms with Crippen LogP contribution in [0, 0.1) is 0 Å². The fourth-order valence-electron chi connectivity index (χ4n) is 20.3. The summed E-state index contributed by atoms with van der Waals surface area (Å²) >= 11 is 0. The van der Waals surface area contributed by atoms with E-state index >= 15 is 0 Å². The summed E-state index contributed by atoms with van der Waals surface area (Å²) in [4.78, 5) is 39.5. The summed E-state index contributed by atoms with van der Waals surface area (Å²) < 4.78 is 26.4. The van der Waals surface area contributed by atoms with Gasteiger partial charge in [0.2, 0.25) is 11.9 Å². The van der Waals surface area contributed by atoms with Gasteiger partial charge in [0.15, 0.2) is 0 Å². The number of nitrogens with zero attached hydrogens (tertiary/aromatic N) is 11. The van der Waals surface area contributed by atoms with Crippen molar-refractivity contribution in [2.75, 3.05) is 0 Å². The highest BCUT2D eigenvalue weighted by molar-refractivity contribution is 6.39. The maximum absolute atomic E-state index is 6.58. The molecule has 0 bridgehead atoms. The van der Waals surface area contributed by atoms with Crippen molar-refractivity contribution < 1.29 is 13.3 Å². The molecule has 0 radical (unpaired) electrons. The topological polar surface area (TPSA) is 157 Å². The van der Waals surface area contributed by atoms with E-state index in [1.165, 1.54) is 37.7 Å². The highest BCUT2D eigenvalue weighted by Crippen LogP contribution is 2.51. The van der Waals surface area contributed by atoms with Crippen LogP contribution >= 0.6 is 0 Å². The number of hydrogen-bond donors (Lipinski definition) is 0. The summed E-state index contributed by atoms with van der Waals surface area (Å²) in [5.74, 6) is 2.15. The Kier molecular flexibility index (Phi) is 14.3. The van der Waals surface area contributed by atoms with Crippen LogP contribution in [0.15, 0.2) is 384 Å². The van der Waals surface area contributed by atoms with E-state index in [1.54, 1.807) is 0 Å². The van der Waals surface area contributed by atoms with E-state index in [9.17, 15) is 0 Å². The van der Waals surface area contributed by atoms with Crippen molar-refractivity contribution in [2.24, 2.45) is 0 Å². The molecule has 0 aliphatic carbocycles. The Morgan fingerprint density at radius 1 is 0.226 bits per heavy atom. The van der Waals surface area contributed by atoms with E-state index in [4.69, 9.17) is 38.2 Å². The summed E-state index contributed by atoms with van der Waals surface area (Å²) in [6, 6.07) is 112. The average molecular weight is 1580 g/mol. The number of fused-ring (bicyclic) bond motifs is 42. The van der Waals surface area contributed by atoms with Crippen LogP contribution < -0.4 is 0 Å². The number of furan rings is 3. The molecule has 0 amide bonds. The second-order valence-corrected chi connectivity index (χ2v) is 31.9. The van der Waals surface area contributed by atoms with Gasteiger partial charge in [-0.3, -0.25) is 28.7 Å². The molecule has 0 saturated carbocycles. The van der Waals surface area contributed by atoms with E-state index in [2.05, 4.69) is 314 Å². The van der Waals surface area contributed by atoms with Gasteiger partial charge in [0.1, 0.15) is 39.3 Å². The Balaban J connectivity index is 0.0000000975. The summed E-state index contributed by atoms with van der Waals surface area (Å²) in [5, 5.41) is 33.6. The molecule has 0 spiro atoms. The Morgan fingerprint density at radius 2 is 0.621 bits per heavy atom. The van der Waals surface area contributed by atoms with Crippen LogP contribution in [0.4, 0.5) is 0 Å². The lowest BCUT2D eigenvalue weighted by atomic mass is 9.95. The first-order valence-electron chi connectivity index (χ1n) is 41.5. The van der Waals surface area contributed by atoms with Crippen LogP contribution in [0.2, 0.25) is 0 Å². The Hall–Kier alpha value is -17.1. The van der Waals surface area contributed by atoms with Crippen LogP contribution in [-0.4, -0.2) is 53.6 Å². The van der Waals surface area contributed by atoms with Crippen molar-refractivity contribution in [3.05, 3.63) is 371 Å². The number of para-hydroxylation sites is 6. The van der Waals surface area contributed by atoms with Gasteiger partial charge in [-0.25, -0.2) is 24.9 Å². The van der Waals surface area contributed by atoms with Crippen molar-refractivity contribution in [2.45, 2.75) is 0 Å². The standard InChI is InChI=1S/C39H22N4O.C38H21N3O.C33H18N4O/c1-2-11-24(12-3-1)36-34-25-13-5-4-10-23(25)18-19-30(34)41-39(42-36)43-31-16-8-6-14-27(31)33-26-20-21-40-22-29(26)38-35(37(33)43)28-15-7-9-17-32(28)44-38;1-3-11-24-22(9-1)23-10-2-4-12-25(23)30-21-40-34(19-29(24)30)41-32-15-7-5-13-27(32)35-26-17-18-39-20-31(26)38-36(37(35)41)28-14-6-8-16-33(28)42-38;1-2-8-21-19(7-1)13-14-20-17-35-33(36-30(20)21)37-26-11-5-3-9-23(26)28-22-15-16-34-18-25(22)32-29(31(28)37)24-10-4-6-12-27(24)38-32/h1-22H;1-21H;1-18H. The molecule has 14 nitrogen and oxygen atoms in total. The van der Waals surface area contributed by atoms with Crippen molar-refractivity contribution in [3.8, 4) is 29.0 Å². The Morgan fingerprint density at radius 3 is 1.15 bits per heavy atom. The zero-order valence-electron chi connectivity index (χ0n) is 65.9. The SMILES string of the molecule is c1ccc(-c2nc(-n3c4ccccc4c4c5ccncc5c5oc6ccccc6c5c43)nc3ccc4ccccc4c23)cc1.c1ccc2c(c1)ccc1cnc(-n3c4ccccc4c4c5ccncc5c5oc6ccccc6c5c43)nc12.c1ccc2c(c1)oc1c3cnccc3c3c4ccccc4n(-c4cc5c6ccccc6c6ccccc6c5cn4)c3c21. The number of benzene rings is 17. The normalized spacial score (nSPS) is 12.2. The van der Waals surface area contributed by atoms with Crippen LogP contribution in [0.25, 0.3) is 268 Å². The first-order valence-corrected chi connectivity index (χ1v) is 41.5. The number of rotatable bonds is 4. The van der Waals surface area contributed by atoms with Crippen LogP contribution in [-0.2, 0) is 0 Å². The molecule has 17 aromatic carbocycles. The molecular formula is C110H61N11O3. The maximum Gasteiger partial charge on any atom is 0.235 e. The quantitative estimate of drug-likeness (QED) is 0.154. The van der Waals surface area contributed by atoms with E-state index < -0.39 is 0 Å². The number of hydrogen-bond acceptors (Lipinski definition) is 11. The predicted molar refractivity (Wildman–Crippen MR) is 507 cm³/mol. The molecule has 0 aliphatic heterocycles. The fraction of sp³-hybridized carbons (Fsp3) is 0. The summed E-state index contributed by atoms with van der Waals surface area (Å²) in [7, 11) is 0. The molecule has 12 aromatic heterocycles. The minimum atomic E-state index is 0.623. The highest BCUT2D eigenvalue weighted by atomic mass is 16.3. The number of aromatic nitrogens is 11. The largest absolute Gasteiger partial charge is 0.455 e. The molecule has 0 fully saturated rings. The zero-order valence-corrected chi connectivity index (χ0v) is 65.9. The lowest BCUT2D eigenvalue weighted by molar-refractivity contribution is 0.672. The molecule has 12 heterocycles. The van der Waals surface area contributed by atoms with E-state index in [0.29, 0.717) is 11.9 Å². The molecule has 29 aromatic rings. The van der Waals surface area contributed by atoms with Gasteiger partial charge >= 0.3 is 0 Å². The van der Waals surface area contributed by atoms with Gasteiger partial charge in [-0.1, -0.05) is 255 Å². The zero-order chi connectivity index (χ0) is 80.9. The van der Waals surface area contributed by atoms with Gasteiger partial charge in [-0.2, -0.15) is 0 Å². The Bertz CT molecular complexity index is 9660. The molecule has 0 unspecified atom stereocenters. The average Bonchev–Trinajstić information content (AvgIpc) is 1.54. The number of pyridine rings is 4. The fourth-order valence-corrected chi connectivity index (χ4v) is 20.3. The molecule has 574 valence electrons. The second-order valence-electron chi connectivity index (χ2n) is 31.9. The van der Waals surface area contributed by atoms with Gasteiger partial charge in [0, 0.05) is 141 Å². The first kappa shape index (κ1) is 67.9. The van der Waals surface area contributed by atoms with Crippen molar-refractivity contribution >= 4 is 239 Å². The third-order valence-corrected chi connectivity index (χ3v) is 25.5. The van der Waals surface area contributed by atoms with Gasteiger partial charge in [0.25, 0.3) is 0 Å². The van der Waals surface area contributed by atoms with Crippen molar-refractivity contribution in [1.82, 2.24) is 53.6 Å². The summed E-state index contributed by atoms with van der Waals surface area (Å²) in [6.07, 6.45) is 15.3. The summed E-state index contributed by atoms with van der Waals surface area (Å²) in [6.45, 7) is 0. The van der Waals surface area contributed by atoms with Gasteiger partial charge in [-0.15, -0.1) is 0 Å². The molecular weight excluding hydrogens is 1520 g/mol. The van der Waals surface area contributed by atoms with Crippen molar-refractivity contribution in [3.63, 3.8) is 0 Å². The molecule has 14 heteroatoms. The predicted octanol–water partition coefficient (Wildman–Crippen LogP) is 28.4. The molecule has 0 saturated heterocycles. The minimum absolute atomic E-state index is 0.623. The molecule has 0 N–H and O–H groups in total. The Labute approximate surface area is 701 Å². The maximum atomic E-state index is 6.58. The minimum Gasteiger partial charge on any atom is -0.455 e. The lowest BCUT2D eigenvalue weighted by Gasteiger charge is -2.14. The van der Waals surface area contributed by atoms with Crippen LogP contribution in [0.3, 0.4) is 0 Å². The van der Waals surface area contributed by atoms with Gasteiger partial charge < -0.3 is 13.3 Å². The third kappa shape index (κ3) is 9.69. The monoisotopic (exact) mass is 1580 g/mol. The van der Waals surface area contributed by atoms with E-state index in [-0.39, 0.29) is 0 Å². The van der Waals surface area contributed by atoms with E-state index in [1.807, 2.05) is 85.8 Å². The molecule has 0 atom stereocenters. The molecule has 124 heavy (non-hydrogen) atoms. The molecule has 29 rings (SSSR count). The first-order chi connectivity index (χ1) is 61.6. The highest BCUT2D eigenvalue weighted by Gasteiger charge is 2.30. The lowest BCUT2D eigenvalue weighted by Crippen LogP contribution is -2.04. The van der Waals surface area contributed by atoms with Crippen LogP contribution in [0.1, 0.15) is 0 Å². The molecule has 0 aliphatic rings. The van der Waals surface area contributed by atoms with Gasteiger partial charge in [-0.05, 0) is 126 Å². The third-order valence-electron chi connectivity index (χ3n) is 25.5. The van der Waals surface area contributed by atoms with E-state index in [0.717, 1.165) is 219 Å². The summed E-state index contributed by atoms with van der Waals surface area (Å²) in [5.41, 5.74) is 15.2. The smallest absolute Gasteiger partial charge is 0.235 e. The van der Waals surface area contributed by atoms with Crippen LogP contribution in [0.5, 0.6) is 0 Å².